The maximum absolute atomic E-state index is 11.7. The summed E-state index contributed by atoms with van der Waals surface area (Å²) in [5, 5.41) is 15.1. The van der Waals surface area contributed by atoms with Crippen LogP contribution in [0.3, 0.4) is 0 Å². The van der Waals surface area contributed by atoms with Gasteiger partial charge in [-0.3, -0.25) is 0 Å². The molecule has 0 unspecified atom stereocenters. The summed E-state index contributed by atoms with van der Waals surface area (Å²) < 4.78 is 5.98. The van der Waals surface area contributed by atoms with Gasteiger partial charge in [-0.1, -0.05) is 60.7 Å². The highest BCUT2D eigenvalue weighted by Gasteiger charge is 2.13. The second-order valence-electron chi connectivity index (χ2n) is 6.88. The van der Waals surface area contributed by atoms with Gasteiger partial charge in [-0.2, -0.15) is 0 Å². The predicted octanol–water partition coefficient (Wildman–Crippen LogP) is 6.17. The molecule has 4 aromatic carbocycles. The minimum atomic E-state index is -1.01. The first-order chi connectivity index (χ1) is 14.1. The van der Waals surface area contributed by atoms with Gasteiger partial charge in [0.15, 0.2) is 0 Å². The molecule has 2 N–H and O–H groups in total. The van der Waals surface area contributed by atoms with Crippen molar-refractivity contribution >= 4 is 28.1 Å². The van der Waals surface area contributed by atoms with Gasteiger partial charge < -0.3 is 15.2 Å². The van der Waals surface area contributed by atoms with Crippen LogP contribution in [0.5, 0.6) is 5.75 Å². The zero-order valence-electron chi connectivity index (χ0n) is 16.1. The van der Waals surface area contributed by atoms with Crippen molar-refractivity contribution in [1.82, 2.24) is 0 Å². The number of carboxylic acid groups (broad SMARTS) is 1. The number of carbonyl (C=O) groups is 1. The quantitative estimate of drug-likeness (QED) is 0.418. The molecule has 0 heterocycles. The van der Waals surface area contributed by atoms with Crippen LogP contribution in [0.25, 0.3) is 10.8 Å². The topological polar surface area (TPSA) is 58.6 Å². The van der Waals surface area contributed by atoms with E-state index in [4.69, 9.17) is 4.74 Å². The summed E-state index contributed by atoms with van der Waals surface area (Å²) in [7, 11) is 0. The van der Waals surface area contributed by atoms with Gasteiger partial charge in [0, 0.05) is 17.4 Å². The van der Waals surface area contributed by atoms with Crippen molar-refractivity contribution in [3.05, 3.63) is 102 Å². The average molecular weight is 383 g/mol. The molecular formula is C25H21NO3. The Morgan fingerprint density at radius 1 is 0.931 bits per heavy atom. The lowest BCUT2D eigenvalue weighted by molar-refractivity contribution is 0.0692. The van der Waals surface area contributed by atoms with Gasteiger partial charge >= 0.3 is 5.97 Å². The molecule has 0 aromatic heterocycles. The standard InChI is InChI=1S/C25H21NO3/c1-17-7-2-5-12-23(17)26-20-13-14-22(25(27)28)24(15-20)29-16-19-10-6-9-18-8-3-4-11-21(18)19/h2-15,26H,16H2,1H3,(H,27,28). The van der Waals surface area contributed by atoms with Crippen molar-refractivity contribution in [2.75, 3.05) is 5.32 Å². The van der Waals surface area contributed by atoms with Gasteiger partial charge in [0.1, 0.15) is 17.9 Å². The summed E-state index contributed by atoms with van der Waals surface area (Å²) in [6.07, 6.45) is 0. The fourth-order valence-electron chi connectivity index (χ4n) is 3.34. The fourth-order valence-corrected chi connectivity index (χ4v) is 3.34. The highest BCUT2D eigenvalue weighted by molar-refractivity contribution is 5.92. The number of benzene rings is 4. The third kappa shape index (κ3) is 4.06. The molecule has 0 aliphatic carbocycles. The molecular weight excluding hydrogens is 362 g/mol. The highest BCUT2D eigenvalue weighted by Crippen LogP contribution is 2.28. The van der Waals surface area contributed by atoms with E-state index < -0.39 is 5.97 Å². The molecule has 0 aliphatic rings. The third-order valence-corrected chi connectivity index (χ3v) is 4.90. The Balaban J connectivity index is 1.63. The van der Waals surface area contributed by atoms with Crippen molar-refractivity contribution < 1.29 is 14.6 Å². The fraction of sp³-hybridized carbons (Fsp3) is 0.0800. The number of hydrogen-bond donors (Lipinski definition) is 2. The molecule has 0 radical (unpaired) electrons. The second kappa shape index (κ2) is 8.07. The Labute approximate surface area is 169 Å². The van der Waals surface area contributed by atoms with Crippen molar-refractivity contribution in [1.29, 1.82) is 0 Å². The molecule has 0 spiro atoms. The van der Waals surface area contributed by atoms with Crippen LogP contribution in [0.2, 0.25) is 0 Å². The van der Waals surface area contributed by atoms with E-state index in [0.29, 0.717) is 5.75 Å². The van der Waals surface area contributed by atoms with Gasteiger partial charge in [0.25, 0.3) is 0 Å². The van der Waals surface area contributed by atoms with Crippen LogP contribution in [-0.4, -0.2) is 11.1 Å². The molecule has 4 rings (SSSR count). The molecule has 0 saturated carbocycles. The Morgan fingerprint density at radius 3 is 2.52 bits per heavy atom. The maximum Gasteiger partial charge on any atom is 0.339 e. The van der Waals surface area contributed by atoms with Crippen molar-refractivity contribution in [3.63, 3.8) is 0 Å². The van der Waals surface area contributed by atoms with Crippen molar-refractivity contribution in [2.24, 2.45) is 0 Å². The Morgan fingerprint density at radius 2 is 1.69 bits per heavy atom. The summed E-state index contributed by atoms with van der Waals surface area (Å²) in [5.41, 5.74) is 4.00. The third-order valence-electron chi connectivity index (χ3n) is 4.90. The van der Waals surface area contributed by atoms with Gasteiger partial charge in [-0.05, 0) is 47.0 Å². The monoisotopic (exact) mass is 383 g/mol. The number of para-hydroxylation sites is 1. The van der Waals surface area contributed by atoms with E-state index in [-0.39, 0.29) is 12.2 Å². The smallest absolute Gasteiger partial charge is 0.339 e. The first kappa shape index (κ1) is 18.6. The number of fused-ring (bicyclic) bond motifs is 1. The number of aromatic carboxylic acids is 1. The van der Waals surface area contributed by atoms with E-state index in [1.165, 1.54) is 0 Å². The number of hydrogen-bond acceptors (Lipinski definition) is 3. The first-order valence-corrected chi connectivity index (χ1v) is 9.41. The number of carboxylic acids is 1. The number of rotatable bonds is 6. The van der Waals surface area contributed by atoms with E-state index in [1.54, 1.807) is 18.2 Å². The summed E-state index contributed by atoms with van der Waals surface area (Å²) in [5.74, 6) is -0.677. The normalized spacial score (nSPS) is 10.7. The van der Waals surface area contributed by atoms with Crippen LogP contribution in [-0.2, 0) is 6.61 Å². The molecule has 0 aliphatic heterocycles. The lowest BCUT2D eigenvalue weighted by Gasteiger charge is -2.14. The molecule has 0 bridgehead atoms. The molecule has 0 amide bonds. The highest BCUT2D eigenvalue weighted by atomic mass is 16.5. The molecule has 0 fully saturated rings. The zero-order chi connectivity index (χ0) is 20.2. The van der Waals surface area contributed by atoms with Gasteiger partial charge in [-0.25, -0.2) is 4.79 Å². The molecule has 0 saturated heterocycles. The summed E-state index contributed by atoms with van der Waals surface area (Å²) in [4.78, 5) is 11.7. The Kier molecular flexibility index (Phi) is 5.16. The Hall–Kier alpha value is -3.79. The molecule has 4 aromatic rings. The van der Waals surface area contributed by atoms with Crippen molar-refractivity contribution in [3.8, 4) is 5.75 Å². The Bertz CT molecular complexity index is 1180. The number of ether oxygens (including phenoxy) is 1. The average Bonchev–Trinajstić information content (AvgIpc) is 2.74. The maximum atomic E-state index is 11.7. The van der Waals surface area contributed by atoms with E-state index in [0.717, 1.165) is 33.3 Å². The summed E-state index contributed by atoms with van der Waals surface area (Å²) in [6.45, 7) is 2.31. The van der Waals surface area contributed by atoms with Crippen LogP contribution >= 0.6 is 0 Å². The number of nitrogens with one attached hydrogen (secondary N) is 1. The first-order valence-electron chi connectivity index (χ1n) is 9.41. The number of aryl methyl sites for hydroxylation is 1. The lowest BCUT2D eigenvalue weighted by atomic mass is 10.1. The van der Waals surface area contributed by atoms with E-state index in [9.17, 15) is 9.90 Å². The van der Waals surface area contributed by atoms with Crippen LogP contribution in [0.1, 0.15) is 21.5 Å². The lowest BCUT2D eigenvalue weighted by Crippen LogP contribution is -2.05. The van der Waals surface area contributed by atoms with Crippen molar-refractivity contribution in [2.45, 2.75) is 13.5 Å². The second-order valence-corrected chi connectivity index (χ2v) is 6.88. The summed E-state index contributed by atoms with van der Waals surface area (Å²) >= 11 is 0. The van der Waals surface area contributed by atoms with Crippen LogP contribution in [0, 0.1) is 6.92 Å². The van der Waals surface area contributed by atoms with E-state index in [2.05, 4.69) is 5.32 Å². The minimum absolute atomic E-state index is 0.139. The van der Waals surface area contributed by atoms with Crippen LogP contribution in [0.15, 0.2) is 84.9 Å². The molecule has 0 atom stereocenters. The van der Waals surface area contributed by atoms with Crippen LogP contribution < -0.4 is 10.1 Å². The number of anilines is 2. The molecule has 29 heavy (non-hydrogen) atoms. The van der Waals surface area contributed by atoms with E-state index in [1.807, 2.05) is 73.7 Å². The molecule has 144 valence electrons. The van der Waals surface area contributed by atoms with Gasteiger partial charge in [0.05, 0.1) is 0 Å². The minimum Gasteiger partial charge on any atom is -0.488 e. The predicted molar refractivity (Wildman–Crippen MR) is 116 cm³/mol. The molecule has 4 heteroatoms. The van der Waals surface area contributed by atoms with E-state index >= 15 is 0 Å². The largest absolute Gasteiger partial charge is 0.488 e. The van der Waals surface area contributed by atoms with Gasteiger partial charge in [-0.15, -0.1) is 0 Å². The van der Waals surface area contributed by atoms with Crippen LogP contribution in [0.4, 0.5) is 11.4 Å². The summed E-state index contributed by atoms with van der Waals surface area (Å²) in [6, 6.07) is 27.1. The zero-order valence-corrected chi connectivity index (χ0v) is 16.1. The molecule has 4 nitrogen and oxygen atoms in total. The van der Waals surface area contributed by atoms with Gasteiger partial charge in [0.2, 0.25) is 0 Å². The SMILES string of the molecule is Cc1ccccc1Nc1ccc(C(=O)O)c(OCc2cccc3ccccc23)c1.